The molecule has 0 heterocycles. The van der Waals surface area contributed by atoms with Crippen molar-refractivity contribution in [2.75, 3.05) is 0 Å². The molecule has 0 fully saturated rings. The van der Waals surface area contributed by atoms with Crippen molar-refractivity contribution in [1.29, 1.82) is 0 Å². The highest BCUT2D eigenvalue weighted by atomic mass is 32.1. The highest BCUT2D eigenvalue weighted by Crippen LogP contribution is 2.18. The number of nitrogens with zero attached hydrogens (tertiary/aromatic N) is 1. The van der Waals surface area contributed by atoms with Crippen molar-refractivity contribution >= 4 is 23.5 Å². The van der Waals surface area contributed by atoms with Crippen molar-refractivity contribution in [3.8, 4) is 5.75 Å². The van der Waals surface area contributed by atoms with Gasteiger partial charge in [-0.15, -0.1) is 0 Å². The van der Waals surface area contributed by atoms with Crippen molar-refractivity contribution in [2.45, 2.75) is 6.61 Å². The molecule has 2 aromatic carbocycles. The molecule has 21 heavy (non-hydrogen) atoms. The Bertz CT molecular complexity index is 661. The monoisotopic (exact) mass is 303 g/mol. The number of hydrogen-bond acceptors (Lipinski definition) is 3. The average Bonchev–Trinajstić information content (AvgIpc) is 2.47. The van der Waals surface area contributed by atoms with Gasteiger partial charge in [0, 0.05) is 5.56 Å². The molecule has 3 N–H and O–H groups in total. The van der Waals surface area contributed by atoms with Gasteiger partial charge < -0.3 is 10.5 Å². The fraction of sp³-hybridized carbons (Fsp3) is 0.0667. The molecule has 0 aliphatic rings. The molecule has 6 heteroatoms. The Balaban J connectivity index is 2.08. The van der Waals surface area contributed by atoms with E-state index in [4.69, 9.17) is 10.5 Å². The van der Waals surface area contributed by atoms with E-state index in [2.05, 4.69) is 22.7 Å². The van der Waals surface area contributed by atoms with E-state index in [-0.39, 0.29) is 17.5 Å². The van der Waals surface area contributed by atoms with E-state index in [9.17, 15) is 4.39 Å². The molecule has 0 saturated heterocycles. The highest BCUT2D eigenvalue weighted by Gasteiger charge is 2.04. The van der Waals surface area contributed by atoms with Crippen LogP contribution in [0.1, 0.15) is 11.1 Å². The Morgan fingerprint density at radius 3 is 2.71 bits per heavy atom. The van der Waals surface area contributed by atoms with Gasteiger partial charge in [0.05, 0.1) is 6.21 Å². The van der Waals surface area contributed by atoms with Crippen molar-refractivity contribution in [2.24, 2.45) is 10.8 Å². The van der Waals surface area contributed by atoms with Gasteiger partial charge in [-0.3, -0.25) is 5.43 Å². The van der Waals surface area contributed by atoms with E-state index in [1.807, 2.05) is 24.3 Å². The summed E-state index contributed by atoms with van der Waals surface area (Å²) in [5, 5.41) is 3.99. The molecular formula is C15H14FN3OS. The van der Waals surface area contributed by atoms with Crippen molar-refractivity contribution in [3.05, 3.63) is 65.5 Å². The van der Waals surface area contributed by atoms with Gasteiger partial charge in [0.1, 0.15) is 6.61 Å². The lowest BCUT2D eigenvalue weighted by Gasteiger charge is -2.09. The summed E-state index contributed by atoms with van der Waals surface area (Å²) >= 11 is 4.66. The van der Waals surface area contributed by atoms with E-state index in [0.29, 0.717) is 0 Å². The smallest absolute Gasteiger partial charge is 0.184 e. The van der Waals surface area contributed by atoms with E-state index in [0.717, 1.165) is 11.1 Å². The lowest BCUT2D eigenvalue weighted by molar-refractivity contribution is 0.290. The predicted octanol–water partition coefficient (Wildman–Crippen LogP) is 2.57. The normalized spacial score (nSPS) is 10.5. The Labute approximate surface area is 127 Å². The van der Waals surface area contributed by atoms with Gasteiger partial charge in [-0.2, -0.15) is 5.10 Å². The summed E-state index contributed by atoms with van der Waals surface area (Å²) < 4.78 is 19.0. The number of rotatable bonds is 5. The first-order valence-corrected chi connectivity index (χ1v) is 6.61. The number of hydrogen-bond donors (Lipinski definition) is 2. The maximum atomic E-state index is 13.5. The molecule has 0 bridgehead atoms. The number of para-hydroxylation sites is 1. The summed E-state index contributed by atoms with van der Waals surface area (Å²) in [6.45, 7) is 0.232. The minimum Gasteiger partial charge on any atom is -0.486 e. The number of benzene rings is 2. The van der Waals surface area contributed by atoms with E-state index < -0.39 is 5.82 Å². The molecule has 2 aromatic rings. The summed E-state index contributed by atoms with van der Waals surface area (Å²) in [5.41, 5.74) is 9.47. The minimum absolute atomic E-state index is 0.0892. The van der Waals surface area contributed by atoms with Gasteiger partial charge in [0.25, 0.3) is 0 Å². The second kappa shape index (κ2) is 7.35. The third-order valence-corrected chi connectivity index (χ3v) is 2.74. The van der Waals surface area contributed by atoms with Crippen LogP contribution in [0.4, 0.5) is 4.39 Å². The zero-order chi connectivity index (χ0) is 15.1. The fourth-order valence-electron chi connectivity index (χ4n) is 1.67. The van der Waals surface area contributed by atoms with Crippen LogP contribution in [0.25, 0.3) is 0 Å². The average molecular weight is 303 g/mol. The Kier molecular flexibility index (Phi) is 5.22. The van der Waals surface area contributed by atoms with Crippen LogP contribution in [0, 0.1) is 5.82 Å². The standard InChI is InChI=1S/C15H14FN3OS/c16-13-7-3-4-8-14(13)20-10-12-6-2-1-5-11(12)9-18-19-15(17)21/h1-9H,10H2,(H3,17,19,21). The number of halogens is 1. The van der Waals surface area contributed by atoms with Gasteiger partial charge in [-0.25, -0.2) is 4.39 Å². The van der Waals surface area contributed by atoms with Gasteiger partial charge in [-0.1, -0.05) is 36.4 Å². The molecule has 0 radical (unpaired) electrons. The van der Waals surface area contributed by atoms with Gasteiger partial charge in [0.2, 0.25) is 0 Å². The third kappa shape index (κ3) is 4.54. The van der Waals surface area contributed by atoms with Crippen LogP contribution in [0.2, 0.25) is 0 Å². The summed E-state index contributed by atoms with van der Waals surface area (Å²) in [6.07, 6.45) is 1.58. The van der Waals surface area contributed by atoms with Crippen molar-refractivity contribution in [3.63, 3.8) is 0 Å². The van der Waals surface area contributed by atoms with Crippen LogP contribution in [0.3, 0.4) is 0 Å². The van der Waals surface area contributed by atoms with Crippen molar-refractivity contribution in [1.82, 2.24) is 5.43 Å². The predicted molar refractivity (Wildman–Crippen MR) is 84.7 cm³/mol. The number of ether oxygens (including phenoxy) is 1. The minimum atomic E-state index is -0.390. The van der Waals surface area contributed by atoms with Gasteiger partial charge >= 0.3 is 0 Å². The first-order valence-electron chi connectivity index (χ1n) is 6.20. The molecule has 0 atom stereocenters. The van der Waals surface area contributed by atoms with Crippen LogP contribution in [-0.4, -0.2) is 11.3 Å². The molecule has 0 amide bonds. The van der Waals surface area contributed by atoms with E-state index >= 15 is 0 Å². The zero-order valence-electron chi connectivity index (χ0n) is 11.1. The van der Waals surface area contributed by atoms with Crippen LogP contribution >= 0.6 is 12.2 Å². The second-order valence-electron chi connectivity index (χ2n) is 4.15. The van der Waals surface area contributed by atoms with Crippen LogP contribution in [0.15, 0.2) is 53.6 Å². The number of nitrogens with two attached hydrogens (primary N) is 1. The SMILES string of the molecule is NC(=S)NN=Cc1ccccc1COc1ccccc1F. The molecule has 0 spiro atoms. The third-order valence-electron chi connectivity index (χ3n) is 2.65. The first-order chi connectivity index (χ1) is 10.2. The number of hydrazone groups is 1. The highest BCUT2D eigenvalue weighted by molar-refractivity contribution is 7.80. The van der Waals surface area contributed by atoms with E-state index in [1.54, 1.807) is 24.4 Å². The largest absolute Gasteiger partial charge is 0.486 e. The second-order valence-corrected chi connectivity index (χ2v) is 4.59. The zero-order valence-corrected chi connectivity index (χ0v) is 11.9. The summed E-state index contributed by atoms with van der Waals surface area (Å²) in [7, 11) is 0. The molecule has 0 unspecified atom stereocenters. The molecule has 0 saturated carbocycles. The summed E-state index contributed by atoms with van der Waals surface area (Å²) in [6, 6.07) is 13.8. The van der Waals surface area contributed by atoms with Crippen LogP contribution in [-0.2, 0) is 6.61 Å². The summed E-state index contributed by atoms with van der Waals surface area (Å²) in [5.74, 6) is -0.177. The Hall–Kier alpha value is -2.47. The Morgan fingerprint density at radius 1 is 1.24 bits per heavy atom. The molecule has 108 valence electrons. The first kappa shape index (κ1) is 14.9. The van der Waals surface area contributed by atoms with Crippen molar-refractivity contribution < 1.29 is 9.13 Å². The lowest BCUT2D eigenvalue weighted by atomic mass is 10.1. The summed E-state index contributed by atoms with van der Waals surface area (Å²) in [4.78, 5) is 0. The number of thiocarbonyl (C=S) groups is 1. The molecule has 4 nitrogen and oxygen atoms in total. The van der Waals surface area contributed by atoms with Crippen LogP contribution in [0.5, 0.6) is 5.75 Å². The maximum Gasteiger partial charge on any atom is 0.184 e. The number of nitrogens with one attached hydrogen (secondary N) is 1. The topological polar surface area (TPSA) is 59.6 Å². The molecule has 0 aliphatic carbocycles. The van der Waals surface area contributed by atoms with Crippen LogP contribution < -0.4 is 15.9 Å². The quantitative estimate of drug-likeness (QED) is 0.506. The maximum absolute atomic E-state index is 13.5. The van der Waals surface area contributed by atoms with E-state index in [1.165, 1.54) is 6.07 Å². The lowest BCUT2D eigenvalue weighted by Crippen LogP contribution is -2.24. The molecule has 2 rings (SSSR count). The Morgan fingerprint density at radius 2 is 1.95 bits per heavy atom. The molecule has 0 aliphatic heterocycles. The molecule has 0 aromatic heterocycles. The molecular weight excluding hydrogens is 289 g/mol. The fourth-order valence-corrected chi connectivity index (χ4v) is 1.73. The van der Waals surface area contributed by atoms with Gasteiger partial charge in [0.15, 0.2) is 16.7 Å². The van der Waals surface area contributed by atoms with Gasteiger partial charge in [-0.05, 0) is 29.9 Å².